The summed E-state index contributed by atoms with van der Waals surface area (Å²) in [4.78, 5) is 10.3. The first-order valence-electron chi connectivity index (χ1n) is 3.09. The minimum absolute atomic E-state index is 0. The summed E-state index contributed by atoms with van der Waals surface area (Å²) in [6, 6.07) is -0.843. The fourth-order valence-electron chi connectivity index (χ4n) is 0.496. The minimum Gasteiger partial charge on any atom is -0.480 e. The quantitative estimate of drug-likeness (QED) is 0.626. The van der Waals surface area contributed by atoms with Crippen molar-refractivity contribution in [1.29, 1.82) is 0 Å². The average Bonchev–Trinajstić information content (AvgIpc) is 1.84. The molecule has 0 amide bonds. The Morgan fingerprint density at radius 2 is 1.73 bits per heavy atom. The van der Waals surface area contributed by atoms with Gasteiger partial charge in [-0.25, -0.2) is 0 Å². The lowest BCUT2D eigenvalue weighted by atomic mass is 10.1. The SMILES string of the molecule is CC(C)=C(C)C(N)C(=O)O.Cl. The van der Waals surface area contributed by atoms with E-state index in [9.17, 15) is 4.79 Å². The van der Waals surface area contributed by atoms with Crippen molar-refractivity contribution >= 4 is 18.4 Å². The summed E-state index contributed by atoms with van der Waals surface area (Å²) < 4.78 is 0. The average molecular weight is 180 g/mol. The molecular weight excluding hydrogens is 166 g/mol. The number of carbonyl (C=O) groups is 1. The van der Waals surface area contributed by atoms with Gasteiger partial charge in [0.1, 0.15) is 6.04 Å². The fourth-order valence-corrected chi connectivity index (χ4v) is 0.496. The Bertz CT molecular complexity index is 173. The molecule has 0 aliphatic heterocycles. The summed E-state index contributed by atoms with van der Waals surface area (Å²) in [6.45, 7) is 5.42. The van der Waals surface area contributed by atoms with Gasteiger partial charge < -0.3 is 10.8 Å². The highest BCUT2D eigenvalue weighted by atomic mass is 35.5. The topological polar surface area (TPSA) is 63.3 Å². The Morgan fingerprint density at radius 1 is 1.36 bits per heavy atom. The summed E-state index contributed by atoms with van der Waals surface area (Å²) in [6.07, 6.45) is 0. The van der Waals surface area contributed by atoms with E-state index in [2.05, 4.69) is 0 Å². The molecule has 0 spiro atoms. The minimum atomic E-state index is -0.973. The highest BCUT2D eigenvalue weighted by Crippen LogP contribution is 2.05. The van der Waals surface area contributed by atoms with E-state index in [1.165, 1.54) is 0 Å². The zero-order chi connectivity index (χ0) is 8.31. The molecule has 4 heteroatoms. The smallest absolute Gasteiger partial charge is 0.324 e. The number of rotatable bonds is 2. The van der Waals surface area contributed by atoms with Crippen molar-refractivity contribution in [3.63, 3.8) is 0 Å². The first-order valence-corrected chi connectivity index (χ1v) is 3.09. The van der Waals surface area contributed by atoms with Gasteiger partial charge in [-0.1, -0.05) is 5.57 Å². The van der Waals surface area contributed by atoms with Crippen LogP contribution in [0.5, 0.6) is 0 Å². The summed E-state index contributed by atoms with van der Waals surface area (Å²) in [5, 5.41) is 8.44. The van der Waals surface area contributed by atoms with Crippen LogP contribution in [0.25, 0.3) is 0 Å². The molecule has 0 aliphatic carbocycles. The molecule has 0 bridgehead atoms. The van der Waals surface area contributed by atoms with Gasteiger partial charge in [-0.2, -0.15) is 0 Å². The van der Waals surface area contributed by atoms with Gasteiger partial charge in [0.15, 0.2) is 0 Å². The standard InChI is InChI=1S/C7H13NO2.ClH/c1-4(2)5(3)6(8)7(9)10;/h6H,8H2,1-3H3,(H,9,10);1H. The molecule has 3 N–H and O–H groups in total. The van der Waals surface area contributed by atoms with E-state index in [1.807, 2.05) is 13.8 Å². The predicted molar refractivity (Wildman–Crippen MR) is 46.9 cm³/mol. The lowest BCUT2D eigenvalue weighted by Gasteiger charge is -2.07. The van der Waals surface area contributed by atoms with Gasteiger partial charge in [-0.3, -0.25) is 4.79 Å². The van der Waals surface area contributed by atoms with Crippen LogP contribution in [0, 0.1) is 0 Å². The first-order chi connectivity index (χ1) is 4.46. The monoisotopic (exact) mass is 179 g/mol. The van der Waals surface area contributed by atoms with E-state index in [4.69, 9.17) is 10.8 Å². The Morgan fingerprint density at radius 3 is 1.82 bits per heavy atom. The number of halogens is 1. The van der Waals surface area contributed by atoms with Crippen molar-refractivity contribution in [2.45, 2.75) is 26.8 Å². The summed E-state index contributed by atoms with van der Waals surface area (Å²) in [5.74, 6) is -0.973. The van der Waals surface area contributed by atoms with Gasteiger partial charge in [-0.05, 0) is 26.3 Å². The van der Waals surface area contributed by atoms with E-state index in [-0.39, 0.29) is 12.4 Å². The molecule has 0 heterocycles. The van der Waals surface area contributed by atoms with Crippen LogP contribution >= 0.6 is 12.4 Å². The predicted octanol–water partition coefficient (Wildman–Crippen LogP) is 1.18. The van der Waals surface area contributed by atoms with Crippen molar-refractivity contribution in [1.82, 2.24) is 0 Å². The van der Waals surface area contributed by atoms with Gasteiger partial charge >= 0.3 is 5.97 Å². The highest BCUT2D eigenvalue weighted by molar-refractivity contribution is 5.85. The van der Waals surface area contributed by atoms with Crippen molar-refractivity contribution in [2.75, 3.05) is 0 Å². The van der Waals surface area contributed by atoms with Crippen molar-refractivity contribution in [2.24, 2.45) is 5.73 Å². The maximum atomic E-state index is 10.3. The molecule has 0 radical (unpaired) electrons. The van der Waals surface area contributed by atoms with Gasteiger partial charge in [0.05, 0.1) is 0 Å². The van der Waals surface area contributed by atoms with E-state index in [0.717, 1.165) is 11.1 Å². The Labute approximate surface area is 72.7 Å². The van der Waals surface area contributed by atoms with Crippen LogP contribution in [-0.4, -0.2) is 17.1 Å². The molecule has 3 nitrogen and oxygen atoms in total. The van der Waals surface area contributed by atoms with Crippen molar-refractivity contribution in [3.05, 3.63) is 11.1 Å². The molecule has 11 heavy (non-hydrogen) atoms. The van der Waals surface area contributed by atoms with Gasteiger partial charge in [0.25, 0.3) is 0 Å². The molecule has 0 fully saturated rings. The Kier molecular flexibility index (Phi) is 6.13. The highest BCUT2D eigenvalue weighted by Gasteiger charge is 2.13. The molecule has 0 saturated carbocycles. The van der Waals surface area contributed by atoms with Crippen LogP contribution < -0.4 is 5.73 Å². The third-order valence-corrected chi connectivity index (χ3v) is 1.52. The lowest BCUT2D eigenvalue weighted by Crippen LogP contribution is -2.31. The van der Waals surface area contributed by atoms with Crippen molar-refractivity contribution in [3.8, 4) is 0 Å². The zero-order valence-electron chi connectivity index (χ0n) is 6.92. The van der Waals surface area contributed by atoms with Gasteiger partial charge in [0.2, 0.25) is 0 Å². The van der Waals surface area contributed by atoms with Gasteiger partial charge in [0, 0.05) is 0 Å². The summed E-state index contributed by atoms with van der Waals surface area (Å²) >= 11 is 0. The second-order valence-electron chi connectivity index (χ2n) is 2.50. The van der Waals surface area contributed by atoms with Crippen LogP contribution in [0.1, 0.15) is 20.8 Å². The van der Waals surface area contributed by atoms with Crippen LogP contribution in [0.4, 0.5) is 0 Å². The third-order valence-electron chi connectivity index (χ3n) is 1.52. The van der Waals surface area contributed by atoms with Crippen molar-refractivity contribution < 1.29 is 9.90 Å². The van der Waals surface area contributed by atoms with E-state index >= 15 is 0 Å². The van der Waals surface area contributed by atoms with Crippen LogP contribution in [-0.2, 0) is 4.79 Å². The van der Waals surface area contributed by atoms with Crippen LogP contribution in [0.15, 0.2) is 11.1 Å². The van der Waals surface area contributed by atoms with E-state index in [1.54, 1.807) is 6.92 Å². The maximum Gasteiger partial charge on any atom is 0.324 e. The summed E-state index contributed by atoms with van der Waals surface area (Å²) in [5.41, 5.74) is 7.00. The Balaban J connectivity index is 0. The number of carboxylic acids is 1. The third kappa shape index (κ3) is 4.01. The van der Waals surface area contributed by atoms with E-state index in [0.29, 0.717) is 0 Å². The fraction of sp³-hybridized carbons (Fsp3) is 0.571. The summed E-state index contributed by atoms with van der Waals surface area (Å²) in [7, 11) is 0. The number of nitrogens with two attached hydrogens (primary N) is 1. The molecule has 0 rings (SSSR count). The second kappa shape index (κ2) is 5.16. The molecule has 1 unspecified atom stereocenters. The van der Waals surface area contributed by atoms with Crippen LogP contribution in [0.2, 0.25) is 0 Å². The number of hydrogen-bond acceptors (Lipinski definition) is 2. The second-order valence-corrected chi connectivity index (χ2v) is 2.50. The molecule has 0 aromatic heterocycles. The molecule has 0 saturated heterocycles. The first kappa shape index (κ1) is 13.1. The lowest BCUT2D eigenvalue weighted by molar-refractivity contribution is -0.137. The molecular formula is C7H14ClNO2. The number of aliphatic carboxylic acids is 1. The normalized spacial score (nSPS) is 11.3. The maximum absolute atomic E-state index is 10.3. The van der Waals surface area contributed by atoms with Gasteiger partial charge in [-0.15, -0.1) is 12.4 Å². The number of allylic oxidation sites excluding steroid dienone is 1. The molecule has 0 aromatic carbocycles. The largest absolute Gasteiger partial charge is 0.480 e. The molecule has 66 valence electrons. The molecule has 1 atom stereocenters. The van der Waals surface area contributed by atoms with E-state index < -0.39 is 12.0 Å². The zero-order valence-corrected chi connectivity index (χ0v) is 7.73. The molecule has 0 aliphatic rings. The van der Waals surface area contributed by atoms with Crippen LogP contribution in [0.3, 0.4) is 0 Å². The molecule has 0 aromatic rings. The number of carboxylic acid groups (broad SMARTS) is 1. The Hall–Kier alpha value is -0.540. The number of hydrogen-bond donors (Lipinski definition) is 2.